The number of nitro benzene ring substituents is 1. The van der Waals surface area contributed by atoms with Crippen molar-refractivity contribution in [3.05, 3.63) is 28.3 Å². The van der Waals surface area contributed by atoms with Crippen molar-refractivity contribution in [2.45, 2.75) is 4.90 Å². The molecule has 0 aliphatic carbocycles. The molecule has 0 aliphatic heterocycles. The van der Waals surface area contributed by atoms with E-state index in [1.165, 1.54) is 0 Å². The van der Waals surface area contributed by atoms with E-state index in [-0.39, 0.29) is 5.75 Å². The molecule has 0 atom stereocenters. The number of nitriles is 1. The molecule has 0 N–H and O–H groups in total. The van der Waals surface area contributed by atoms with Crippen LogP contribution in [0.3, 0.4) is 0 Å². The third kappa shape index (κ3) is 3.30. The Bertz CT molecular complexity index is 592. The summed E-state index contributed by atoms with van der Waals surface area (Å²) in [5.74, 6) is -0.202. The van der Waals surface area contributed by atoms with Crippen LogP contribution >= 0.6 is 10.7 Å². The maximum absolute atomic E-state index is 11.2. The molecule has 0 aliphatic rings. The number of nitrogens with zero attached hydrogens (tertiary/aromatic N) is 2. The minimum absolute atomic E-state index is 0.202. The third-order valence-corrected chi connectivity index (χ3v) is 3.04. The van der Waals surface area contributed by atoms with Gasteiger partial charge < -0.3 is 4.74 Å². The second-order valence-corrected chi connectivity index (χ2v) is 5.31. The molecular formula is C8H5ClN2O5S. The van der Waals surface area contributed by atoms with Crippen molar-refractivity contribution >= 4 is 25.4 Å². The molecule has 7 nitrogen and oxygen atoms in total. The lowest BCUT2D eigenvalue weighted by atomic mass is 10.3. The number of benzene rings is 1. The first kappa shape index (κ1) is 13.2. The second kappa shape index (κ2) is 4.99. The third-order valence-electron chi connectivity index (χ3n) is 1.69. The quantitative estimate of drug-likeness (QED) is 0.467. The van der Waals surface area contributed by atoms with Crippen molar-refractivity contribution in [1.29, 1.82) is 5.26 Å². The Morgan fingerprint density at radius 3 is 2.65 bits per heavy atom. The average Bonchev–Trinajstić information content (AvgIpc) is 2.24. The first-order valence-electron chi connectivity index (χ1n) is 4.09. The largest absolute Gasteiger partial charge is 0.477 e. The minimum Gasteiger partial charge on any atom is -0.477 e. The Labute approximate surface area is 101 Å². The highest BCUT2D eigenvalue weighted by molar-refractivity contribution is 8.13. The van der Waals surface area contributed by atoms with Gasteiger partial charge in [0.2, 0.25) is 0 Å². The lowest BCUT2D eigenvalue weighted by Crippen LogP contribution is -2.01. The molecule has 0 unspecified atom stereocenters. The Morgan fingerprint density at radius 1 is 1.53 bits per heavy atom. The van der Waals surface area contributed by atoms with Gasteiger partial charge in [-0.05, 0) is 6.07 Å². The summed E-state index contributed by atoms with van der Waals surface area (Å²) in [7, 11) is 0.919. The topological polar surface area (TPSA) is 110 Å². The SMILES string of the molecule is N#CCOc1ccc([N+](=O)[O-])cc1S(=O)(=O)Cl. The van der Waals surface area contributed by atoms with E-state index in [2.05, 4.69) is 0 Å². The average molecular weight is 277 g/mol. The van der Waals surface area contributed by atoms with Gasteiger partial charge in [-0.15, -0.1) is 0 Å². The van der Waals surface area contributed by atoms with Crippen LogP contribution in [0.1, 0.15) is 0 Å². The smallest absolute Gasteiger partial charge is 0.271 e. The fourth-order valence-corrected chi connectivity index (χ4v) is 2.02. The molecule has 0 radical (unpaired) electrons. The Balaban J connectivity index is 3.33. The fourth-order valence-electron chi connectivity index (χ4n) is 1.03. The second-order valence-electron chi connectivity index (χ2n) is 2.77. The van der Waals surface area contributed by atoms with Gasteiger partial charge in [0.1, 0.15) is 16.7 Å². The van der Waals surface area contributed by atoms with Crippen LogP contribution in [0.15, 0.2) is 23.1 Å². The van der Waals surface area contributed by atoms with Gasteiger partial charge in [-0.1, -0.05) is 0 Å². The predicted molar refractivity (Wildman–Crippen MR) is 57.2 cm³/mol. The molecule has 0 heterocycles. The summed E-state index contributed by atoms with van der Waals surface area (Å²) in [5, 5.41) is 18.8. The summed E-state index contributed by atoms with van der Waals surface area (Å²) in [6.45, 7) is -0.392. The van der Waals surface area contributed by atoms with Gasteiger partial charge in [0, 0.05) is 22.8 Å². The van der Waals surface area contributed by atoms with Crippen LogP contribution in [0.4, 0.5) is 5.69 Å². The summed E-state index contributed by atoms with van der Waals surface area (Å²) in [6.07, 6.45) is 0. The van der Waals surface area contributed by atoms with E-state index in [0.717, 1.165) is 18.2 Å². The molecular weight excluding hydrogens is 272 g/mol. The Morgan fingerprint density at radius 2 is 2.18 bits per heavy atom. The monoisotopic (exact) mass is 276 g/mol. The maximum atomic E-state index is 11.2. The van der Waals surface area contributed by atoms with Crippen molar-refractivity contribution in [3.8, 4) is 11.8 Å². The van der Waals surface area contributed by atoms with Crippen molar-refractivity contribution in [2.75, 3.05) is 6.61 Å². The van der Waals surface area contributed by atoms with Crippen LogP contribution in [0.25, 0.3) is 0 Å². The van der Waals surface area contributed by atoms with Gasteiger partial charge in [0.25, 0.3) is 14.7 Å². The molecule has 0 saturated carbocycles. The van der Waals surface area contributed by atoms with Gasteiger partial charge in [-0.2, -0.15) is 5.26 Å². The highest BCUT2D eigenvalue weighted by Crippen LogP contribution is 2.30. The summed E-state index contributed by atoms with van der Waals surface area (Å²) < 4.78 is 27.1. The molecule has 0 amide bonds. The summed E-state index contributed by atoms with van der Waals surface area (Å²) >= 11 is 0. The molecule has 0 aromatic heterocycles. The highest BCUT2D eigenvalue weighted by atomic mass is 35.7. The molecule has 17 heavy (non-hydrogen) atoms. The standard InChI is InChI=1S/C8H5ClN2O5S/c9-17(14,15)8-5-6(11(12)13)1-2-7(8)16-4-3-10/h1-2,5H,4H2. The fraction of sp³-hybridized carbons (Fsp3) is 0.125. The summed E-state index contributed by atoms with van der Waals surface area (Å²) in [4.78, 5) is 9.18. The summed E-state index contributed by atoms with van der Waals surface area (Å²) in [5.41, 5.74) is -0.437. The minimum atomic E-state index is -4.19. The van der Waals surface area contributed by atoms with Gasteiger partial charge in [0.05, 0.1) is 4.92 Å². The van der Waals surface area contributed by atoms with E-state index >= 15 is 0 Å². The van der Waals surface area contributed by atoms with E-state index in [9.17, 15) is 18.5 Å². The molecule has 90 valence electrons. The number of halogens is 1. The van der Waals surface area contributed by atoms with Crippen LogP contribution in [0.5, 0.6) is 5.75 Å². The Hall–Kier alpha value is -1.85. The molecule has 0 fully saturated rings. The van der Waals surface area contributed by atoms with E-state index in [1.54, 1.807) is 6.07 Å². The lowest BCUT2D eigenvalue weighted by Gasteiger charge is -2.05. The van der Waals surface area contributed by atoms with Gasteiger partial charge >= 0.3 is 0 Å². The van der Waals surface area contributed by atoms with Gasteiger partial charge in [0.15, 0.2) is 6.61 Å². The summed E-state index contributed by atoms with van der Waals surface area (Å²) in [6, 6.07) is 4.54. The number of nitro groups is 1. The van der Waals surface area contributed by atoms with E-state index in [0.29, 0.717) is 0 Å². The predicted octanol–water partition coefficient (Wildman–Crippen LogP) is 1.42. The first-order valence-corrected chi connectivity index (χ1v) is 6.40. The van der Waals surface area contributed by atoms with E-state index in [4.69, 9.17) is 20.7 Å². The first-order chi connectivity index (χ1) is 7.86. The molecule has 0 saturated heterocycles. The number of rotatable bonds is 4. The Kier molecular flexibility index (Phi) is 3.88. The lowest BCUT2D eigenvalue weighted by molar-refractivity contribution is -0.385. The van der Waals surface area contributed by atoms with Crippen LogP contribution < -0.4 is 4.74 Å². The van der Waals surface area contributed by atoms with Gasteiger partial charge in [-0.25, -0.2) is 8.42 Å². The van der Waals surface area contributed by atoms with Gasteiger partial charge in [-0.3, -0.25) is 10.1 Å². The number of non-ortho nitro benzene ring substituents is 1. The van der Waals surface area contributed by atoms with Crippen LogP contribution in [0.2, 0.25) is 0 Å². The number of hydrogen-bond acceptors (Lipinski definition) is 6. The number of hydrogen-bond donors (Lipinski definition) is 0. The molecule has 0 bridgehead atoms. The zero-order valence-corrected chi connectivity index (χ0v) is 9.73. The van der Waals surface area contributed by atoms with Crippen molar-refractivity contribution in [1.82, 2.24) is 0 Å². The zero-order valence-electron chi connectivity index (χ0n) is 8.16. The molecule has 0 spiro atoms. The van der Waals surface area contributed by atoms with E-state index < -0.39 is 31.2 Å². The van der Waals surface area contributed by atoms with Crippen LogP contribution in [0, 0.1) is 21.4 Å². The number of ether oxygens (including phenoxy) is 1. The molecule has 1 aromatic carbocycles. The van der Waals surface area contributed by atoms with Crippen molar-refractivity contribution < 1.29 is 18.1 Å². The zero-order chi connectivity index (χ0) is 13.1. The highest BCUT2D eigenvalue weighted by Gasteiger charge is 2.21. The maximum Gasteiger partial charge on any atom is 0.271 e. The van der Waals surface area contributed by atoms with Crippen LogP contribution in [-0.2, 0) is 9.05 Å². The molecule has 9 heteroatoms. The normalized spacial score (nSPS) is 10.6. The van der Waals surface area contributed by atoms with E-state index in [1.807, 2.05) is 0 Å². The molecule has 1 aromatic rings. The molecule has 1 rings (SSSR count). The van der Waals surface area contributed by atoms with Crippen molar-refractivity contribution in [3.63, 3.8) is 0 Å². The van der Waals surface area contributed by atoms with Crippen LogP contribution in [-0.4, -0.2) is 19.9 Å². The van der Waals surface area contributed by atoms with Crippen molar-refractivity contribution in [2.24, 2.45) is 0 Å².